The van der Waals surface area contributed by atoms with E-state index in [1.807, 2.05) is 22.9 Å². The number of anilines is 1. The van der Waals surface area contributed by atoms with Crippen LogP contribution in [0.25, 0.3) is 27.6 Å². The molecule has 1 aliphatic rings. The van der Waals surface area contributed by atoms with Crippen LogP contribution >= 0.6 is 45.5 Å². The summed E-state index contributed by atoms with van der Waals surface area (Å²) in [5, 5.41) is 8.90. The monoisotopic (exact) mass is 548 g/mol. The number of amides is 1. The molecule has 3 heterocycles. The molecular weight excluding hydrogens is 535 g/mol. The van der Waals surface area contributed by atoms with Crippen LogP contribution in [0, 0.1) is 3.57 Å². The van der Waals surface area contributed by atoms with E-state index in [0.717, 1.165) is 49.6 Å². The fourth-order valence-electron chi connectivity index (χ4n) is 3.53. The Bertz CT molecular complexity index is 1290. The first kappa shape index (κ1) is 19.6. The first-order chi connectivity index (χ1) is 14.5. The highest BCUT2D eigenvalue weighted by atomic mass is 127. The summed E-state index contributed by atoms with van der Waals surface area (Å²) in [6.07, 6.45) is 6.54. The third-order valence-electron chi connectivity index (χ3n) is 4.73. The van der Waals surface area contributed by atoms with Gasteiger partial charge in [-0.05, 0) is 53.6 Å². The van der Waals surface area contributed by atoms with Gasteiger partial charge in [-0.3, -0.25) is 14.8 Å². The van der Waals surface area contributed by atoms with Gasteiger partial charge in [-0.1, -0.05) is 22.9 Å². The maximum atomic E-state index is 11.5. The molecule has 5 rings (SSSR count). The molecule has 7 nitrogen and oxygen atoms in total. The normalized spacial score (nSPS) is 12.4. The number of carbonyl (C=O) groups excluding carboxylic acids is 1. The second-order valence-corrected chi connectivity index (χ2v) is 9.40. The van der Waals surface area contributed by atoms with E-state index in [0.29, 0.717) is 15.8 Å². The number of carbonyl (C=O) groups is 1. The highest BCUT2D eigenvalue weighted by Gasteiger charge is 2.30. The van der Waals surface area contributed by atoms with Crippen molar-refractivity contribution in [2.45, 2.75) is 19.8 Å². The number of nitrogens with one attached hydrogen (secondary N) is 1. The highest BCUT2D eigenvalue weighted by Crippen LogP contribution is 2.44. The van der Waals surface area contributed by atoms with Crippen molar-refractivity contribution >= 4 is 56.6 Å². The molecule has 1 amide bonds. The molecule has 3 aromatic heterocycles. The van der Waals surface area contributed by atoms with Crippen LogP contribution < -0.4 is 5.32 Å². The molecule has 1 aromatic carbocycles. The number of aryl methyl sites for hydroxylation is 1. The predicted molar refractivity (Wildman–Crippen MR) is 125 cm³/mol. The summed E-state index contributed by atoms with van der Waals surface area (Å²) in [7, 11) is 0. The molecule has 1 aliphatic carbocycles. The maximum absolute atomic E-state index is 11.5. The van der Waals surface area contributed by atoms with Gasteiger partial charge in [-0.25, -0.2) is 9.67 Å². The van der Waals surface area contributed by atoms with Gasteiger partial charge in [0.25, 0.3) is 0 Å². The van der Waals surface area contributed by atoms with Crippen LogP contribution in [0.2, 0.25) is 5.02 Å². The number of benzene rings is 1. The van der Waals surface area contributed by atoms with E-state index in [2.05, 4.69) is 42.9 Å². The zero-order chi connectivity index (χ0) is 20.8. The molecule has 150 valence electrons. The minimum absolute atomic E-state index is 0.143. The van der Waals surface area contributed by atoms with Gasteiger partial charge in [-0.2, -0.15) is 5.10 Å². The van der Waals surface area contributed by atoms with Gasteiger partial charge in [0, 0.05) is 28.5 Å². The number of hydrogen-bond acceptors (Lipinski definition) is 6. The minimum Gasteiger partial charge on any atom is -0.302 e. The number of halogens is 2. The van der Waals surface area contributed by atoms with Crippen LogP contribution in [-0.2, 0) is 17.6 Å². The van der Waals surface area contributed by atoms with Gasteiger partial charge in [0.05, 0.1) is 33.2 Å². The molecule has 0 bridgehead atoms. The first-order valence-corrected chi connectivity index (χ1v) is 11.4. The molecule has 4 aromatic rings. The SMILES string of the molecule is CC(=O)Nc1nc2c(s1)-c1c(c(-c3cnccn3)nn1-c1ccc(I)cc1Cl)CC2. The molecule has 1 N–H and O–H groups in total. The molecule has 0 aliphatic heterocycles. The Hall–Kier alpha value is -2.37. The Balaban J connectivity index is 1.77. The Morgan fingerprint density at radius 3 is 2.90 bits per heavy atom. The summed E-state index contributed by atoms with van der Waals surface area (Å²) in [4.78, 5) is 25.8. The summed E-state index contributed by atoms with van der Waals surface area (Å²) in [6, 6.07) is 5.87. The molecule has 0 saturated heterocycles. The summed E-state index contributed by atoms with van der Waals surface area (Å²) in [5.74, 6) is -0.143. The van der Waals surface area contributed by atoms with Crippen LogP contribution in [-0.4, -0.2) is 30.6 Å². The highest BCUT2D eigenvalue weighted by molar-refractivity contribution is 14.1. The Morgan fingerprint density at radius 2 is 2.17 bits per heavy atom. The number of nitrogens with zero attached hydrogens (tertiary/aromatic N) is 5. The Labute approximate surface area is 194 Å². The minimum atomic E-state index is -0.143. The Morgan fingerprint density at radius 1 is 1.30 bits per heavy atom. The van der Waals surface area contributed by atoms with Gasteiger partial charge in [0.15, 0.2) is 5.13 Å². The zero-order valence-electron chi connectivity index (χ0n) is 15.7. The van der Waals surface area contributed by atoms with Crippen LogP contribution in [0.5, 0.6) is 0 Å². The van der Waals surface area contributed by atoms with E-state index < -0.39 is 0 Å². The van der Waals surface area contributed by atoms with Crippen molar-refractivity contribution in [2.24, 2.45) is 0 Å². The molecule has 0 radical (unpaired) electrons. The molecule has 0 saturated carbocycles. The lowest BCUT2D eigenvalue weighted by atomic mass is 9.96. The number of rotatable bonds is 3. The molecule has 0 fully saturated rings. The maximum Gasteiger partial charge on any atom is 0.223 e. The third kappa shape index (κ3) is 3.40. The van der Waals surface area contributed by atoms with Crippen molar-refractivity contribution in [3.05, 3.63) is 56.6 Å². The van der Waals surface area contributed by atoms with Gasteiger partial charge in [-0.15, -0.1) is 0 Å². The van der Waals surface area contributed by atoms with E-state index in [1.54, 1.807) is 18.6 Å². The van der Waals surface area contributed by atoms with Crippen LogP contribution in [0.3, 0.4) is 0 Å². The fraction of sp³-hybridized carbons (Fsp3) is 0.150. The second kappa shape index (κ2) is 7.71. The molecule has 0 spiro atoms. The quantitative estimate of drug-likeness (QED) is 0.373. The largest absolute Gasteiger partial charge is 0.302 e. The van der Waals surface area contributed by atoms with Crippen molar-refractivity contribution < 1.29 is 4.79 Å². The van der Waals surface area contributed by atoms with Gasteiger partial charge < -0.3 is 5.32 Å². The standard InChI is InChI=1S/C20H14ClIN6OS/c1-10(29)25-20-26-14-4-3-12-17(15-9-23-6-7-24-15)27-28(18(12)19(14)30-20)16-5-2-11(22)8-13(16)21/h2,5-9H,3-4H2,1H3,(H,25,26,29). The first-order valence-electron chi connectivity index (χ1n) is 9.12. The summed E-state index contributed by atoms with van der Waals surface area (Å²) in [6.45, 7) is 1.48. The Kier molecular flexibility index (Phi) is 5.03. The predicted octanol–water partition coefficient (Wildman–Crippen LogP) is 4.77. The molecular formula is C20H14ClIN6OS. The van der Waals surface area contributed by atoms with Crippen molar-refractivity contribution in [3.8, 4) is 27.6 Å². The third-order valence-corrected chi connectivity index (χ3v) is 6.73. The van der Waals surface area contributed by atoms with E-state index >= 15 is 0 Å². The van der Waals surface area contributed by atoms with Crippen LogP contribution in [0.1, 0.15) is 18.2 Å². The molecule has 30 heavy (non-hydrogen) atoms. The smallest absolute Gasteiger partial charge is 0.223 e. The number of aromatic nitrogens is 5. The average molecular weight is 549 g/mol. The van der Waals surface area contributed by atoms with Gasteiger partial charge >= 0.3 is 0 Å². The zero-order valence-corrected chi connectivity index (χ0v) is 19.4. The second-order valence-electron chi connectivity index (χ2n) is 6.75. The van der Waals surface area contributed by atoms with E-state index in [4.69, 9.17) is 16.7 Å². The average Bonchev–Trinajstić information content (AvgIpc) is 3.29. The summed E-state index contributed by atoms with van der Waals surface area (Å²) >= 11 is 10.3. The van der Waals surface area contributed by atoms with Crippen molar-refractivity contribution in [1.82, 2.24) is 24.7 Å². The summed E-state index contributed by atoms with van der Waals surface area (Å²) in [5.41, 5.74) is 5.25. The molecule has 10 heteroatoms. The van der Waals surface area contributed by atoms with E-state index in [1.165, 1.54) is 18.3 Å². The van der Waals surface area contributed by atoms with E-state index in [9.17, 15) is 4.79 Å². The van der Waals surface area contributed by atoms with Crippen LogP contribution in [0.15, 0.2) is 36.8 Å². The van der Waals surface area contributed by atoms with Crippen molar-refractivity contribution in [2.75, 3.05) is 5.32 Å². The lowest BCUT2D eigenvalue weighted by Gasteiger charge is -2.14. The number of hydrogen-bond donors (Lipinski definition) is 1. The van der Waals surface area contributed by atoms with Crippen molar-refractivity contribution in [1.29, 1.82) is 0 Å². The number of thiazole rings is 1. The van der Waals surface area contributed by atoms with Gasteiger partial charge in [0.2, 0.25) is 5.91 Å². The lowest BCUT2D eigenvalue weighted by molar-refractivity contribution is -0.114. The topological polar surface area (TPSA) is 85.6 Å². The van der Waals surface area contributed by atoms with E-state index in [-0.39, 0.29) is 5.91 Å². The lowest BCUT2D eigenvalue weighted by Crippen LogP contribution is -2.07. The fourth-order valence-corrected chi connectivity index (χ4v) is 5.58. The van der Waals surface area contributed by atoms with Crippen LogP contribution in [0.4, 0.5) is 5.13 Å². The van der Waals surface area contributed by atoms with Crippen molar-refractivity contribution in [3.63, 3.8) is 0 Å². The molecule has 0 unspecified atom stereocenters. The molecule has 0 atom stereocenters. The van der Waals surface area contributed by atoms with Gasteiger partial charge in [0.1, 0.15) is 11.4 Å². The summed E-state index contributed by atoms with van der Waals surface area (Å²) < 4.78 is 2.91. The number of fused-ring (bicyclic) bond motifs is 3.